The van der Waals surface area contributed by atoms with Gasteiger partial charge in [0.05, 0.1) is 30.8 Å². The molecule has 1 aliphatic rings. The lowest BCUT2D eigenvalue weighted by Crippen LogP contribution is -2.32. The number of carbonyl (C=O) groups is 1. The van der Waals surface area contributed by atoms with Crippen molar-refractivity contribution in [2.75, 3.05) is 13.7 Å². The first-order chi connectivity index (χ1) is 15.1. The quantitative estimate of drug-likeness (QED) is 0.422. The van der Waals surface area contributed by atoms with Gasteiger partial charge in [-0.25, -0.2) is 0 Å². The van der Waals surface area contributed by atoms with E-state index in [0.717, 1.165) is 24.3 Å². The minimum Gasteiger partial charge on any atom is -0.497 e. The van der Waals surface area contributed by atoms with Crippen LogP contribution in [0.3, 0.4) is 0 Å². The van der Waals surface area contributed by atoms with E-state index in [4.69, 9.17) is 25.5 Å². The molecule has 1 aromatic heterocycles. The van der Waals surface area contributed by atoms with E-state index in [1.807, 2.05) is 47.4 Å². The molecule has 3 aromatic rings. The van der Waals surface area contributed by atoms with E-state index in [2.05, 4.69) is 10.2 Å². The fraction of sp³-hybridized carbons (Fsp3) is 0.348. The SMILES string of the molecule is COc1ccc(OCCCC(=O)N(Cc2nnc(-c3ccccc3Cl)o2)C2CC2)cc1. The molecule has 1 amide bonds. The third kappa shape index (κ3) is 5.55. The summed E-state index contributed by atoms with van der Waals surface area (Å²) >= 11 is 6.20. The van der Waals surface area contributed by atoms with Crippen LogP contribution in [0.4, 0.5) is 0 Å². The number of carbonyl (C=O) groups excluding carboxylic acids is 1. The Morgan fingerprint density at radius 1 is 1.13 bits per heavy atom. The van der Waals surface area contributed by atoms with Gasteiger partial charge in [0.2, 0.25) is 17.7 Å². The number of methoxy groups -OCH3 is 1. The molecule has 0 aliphatic heterocycles. The maximum absolute atomic E-state index is 12.8. The average molecular weight is 442 g/mol. The first-order valence-corrected chi connectivity index (χ1v) is 10.7. The molecule has 0 radical (unpaired) electrons. The second kappa shape index (κ2) is 9.83. The summed E-state index contributed by atoms with van der Waals surface area (Å²) in [6.45, 7) is 0.772. The van der Waals surface area contributed by atoms with Crippen LogP contribution in [0.1, 0.15) is 31.6 Å². The van der Waals surface area contributed by atoms with Gasteiger partial charge in [-0.2, -0.15) is 0 Å². The van der Waals surface area contributed by atoms with Crippen LogP contribution in [-0.2, 0) is 11.3 Å². The molecule has 0 N–H and O–H groups in total. The van der Waals surface area contributed by atoms with Crippen molar-refractivity contribution in [1.29, 1.82) is 0 Å². The summed E-state index contributed by atoms with van der Waals surface area (Å²) in [6, 6.07) is 14.9. The first-order valence-electron chi connectivity index (χ1n) is 10.3. The van der Waals surface area contributed by atoms with Crippen molar-refractivity contribution < 1.29 is 18.7 Å². The zero-order chi connectivity index (χ0) is 21.6. The second-order valence-corrected chi connectivity index (χ2v) is 7.77. The molecule has 0 atom stereocenters. The second-order valence-electron chi connectivity index (χ2n) is 7.36. The average Bonchev–Trinajstić information content (AvgIpc) is 3.53. The highest BCUT2D eigenvalue weighted by Gasteiger charge is 2.33. The van der Waals surface area contributed by atoms with E-state index in [1.165, 1.54) is 0 Å². The van der Waals surface area contributed by atoms with E-state index in [-0.39, 0.29) is 11.9 Å². The van der Waals surface area contributed by atoms with Gasteiger partial charge in [-0.05, 0) is 55.7 Å². The maximum Gasteiger partial charge on any atom is 0.249 e. The molecule has 1 heterocycles. The van der Waals surface area contributed by atoms with Gasteiger partial charge in [0, 0.05) is 12.5 Å². The predicted molar refractivity (Wildman–Crippen MR) is 116 cm³/mol. The number of rotatable bonds is 10. The summed E-state index contributed by atoms with van der Waals surface area (Å²) < 4.78 is 16.6. The van der Waals surface area contributed by atoms with E-state index >= 15 is 0 Å². The van der Waals surface area contributed by atoms with Gasteiger partial charge < -0.3 is 18.8 Å². The molecule has 8 heteroatoms. The van der Waals surface area contributed by atoms with Gasteiger partial charge in [0.25, 0.3) is 0 Å². The Labute approximate surface area is 185 Å². The number of amides is 1. The van der Waals surface area contributed by atoms with Crippen LogP contribution < -0.4 is 9.47 Å². The fourth-order valence-corrected chi connectivity index (χ4v) is 3.46. The lowest BCUT2D eigenvalue weighted by Gasteiger charge is -2.20. The van der Waals surface area contributed by atoms with E-state index in [0.29, 0.717) is 48.4 Å². The smallest absolute Gasteiger partial charge is 0.249 e. The predicted octanol–water partition coefficient (Wildman–Crippen LogP) is 4.75. The van der Waals surface area contributed by atoms with Gasteiger partial charge in [0.1, 0.15) is 11.5 Å². The maximum atomic E-state index is 12.8. The highest BCUT2D eigenvalue weighted by Crippen LogP contribution is 2.30. The molecular formula is C23H24ClN3O4. The number of hydrogen-bond acceptors (Lipinski definition) is 6. The molecule has 1 fully saturated rings. The van der Waals surface area contributed by atoms with Gasteiger partial charge >= 0.3 is 0 Å². The van der Waals surface area contributed by atoms with Crippen molar-refractivity contribution in [2.45, 2.75) is 38.3 Å². The molecule has 1 saturated carbocycles. The zero-order valence-electron chi connectivity index (χ0n) is 17.3. The number of hydrogen-bond donors (Lipinski definition) is 0. The molecule has 0 spiro atoms. The number of ether oxygens (including phenoxy) is 2. The van der Waals surface area contributed by atoms with Crippen LogP contribution in [0.25, 0.3) is 11.5 Å². The minimum atomic E-state index is 0.0679. The molecule has 2 aromatic carbocycles. The van der Waals surface area contributed by atoms with E-state index < -0.39 is 0 Å². The highest BCUT2D eigenvalue weighted by molar-refractivity contribution is 6.33. The molecule has 0 saturated heterocycles. The van der Waals surface area contributed by atoms with Crippen LogP contribution >= 0.6 is 11.6 Å². The fourth-order valence-electron chi connectivity index (χ4n) is 3.24. The third-order valence-corrected chi connectivity index (χ3v) is 5.38. The monoisotopic (exact) mass is 441 g/mol. The Morgan fingerprint density at radius 3 is 2.58 bits per heavy atom. The highest BCUT2D eigenvalue weighted by atomic mass is 35.5. The minimum absolute atomic E-state index is 0.0679. The summed E-state index contributed by atoms with van der Waals surface area (Å²) in [6.07, 6.45) is 3.03. The molecule has 1 aliphatic carbocycles. The first kappa shape index (κ1) is 21.2. The number of aromatic nitrogens is 2. The van der Waals surface area contributed by atoms with Gasteiger partial charge in [0.15, 0.2) is 0 Å². The van der Waals surface area contributed by atoms with Gasteiger partial charge in [-0.15, -0.1) is 10.2 Å². The molecule has 4 rings (SSSR count). The molecular weight excluding hydrogens is 418 g/mol. The summed E-state index contributed by atoms with van der Waals surface area (Å²) in [5, 5.41) is 8.75. The van der Waals surface area contributed by atoms with Gasteiger partial charge in [-0.3, -0.25) is 4.79 Å². The van der Waals surface area contributed by atoms with Crippen molar-refractivity contribution in [3.05, 3.63) is 59.4 Å². The Hall–Kier alpha value is -3.06. The van der Waals surface area contributed by atoms with Crippen LogP contribution in [0.5, 0.6) is 11.5 Å². The summed E-state index contributed by atoms with van der Waals surface area (Å²) in [7, 11) is 1.62. The van der Waals surface area contributed by atoms with Crippen molar-refractivity contribution in [3.8, 4) is 23.0 Å². The Bertz CT molecular complexity index is 1020. The van der Waals surface area contributed by atoms with Crippen LogP contribution in [0.15, 0.2) is 52.9 Å². The molecule has 162 valence electrons. The standard InChI is InChI=1S/C23H24ClN3O4/c1-29-17-10-12-18(13-11-17)30-14-4-7-22(28)27(16-8-9-16)15-21-25-26-23(31-21)19-5-2-3-6-20(19)24/h2-3,5-6,10-13,16H,4,7-9,14-15H2,1H3. The van der Waals surface area contributed by atoms with Crippen molar-refractivity contribution in [2.24, 2.45) is 0 Å². The number of benzene rings is 2. The Balaban J connectivity index is 1.29. The number of halogens is 1. The van der Waals surface area contributed by atoms with Gasteiger partial charge in [-0.1, -0.05) is 23.7 Å². The molecule has 0 bridgehead atoms. The van der Waals surface area contributed by atoms with E-state index in [9.17, 15) is 4.79 Å². The normalized spacial score (nSPS) is 13.1. The molecule has 7 nitrogen and oxygen atoms in total. The summed E-state index contributed by atoms with van der Waals surface area (Å²) in [5.41, 5.74) is 0.683. The lowest BCUT2D eigenvalue weighted by molar-refractivity contribution is -0.133. The Morgan fingerprint density at radius 2 is 1.87 bits per heavy atom. The molecule has 0 unspecified atom stereocenters. The van der Waals surface area contributed by atoms with Crippen LogP contribution in [0.2, 0.25) is 5.02 Å². The van der Waals surface area contributed by atoms with Crippen molar-refractivity contribution in [3.63, 3.8) is 0 Å². The van der Waals surface area contributed by atoms with Crippen LogP contribution in [0, 0.1) is 0 Å². The van der Waals surface area contributed by atoms with Crippen LogP contribution in [-0.4, -0.2) is 40.8 Å². The summed E-state index contributed by atoms with van der Waals surface area (Å²) in [5.74, 6) is 2.37. The number of nitrogens with zero attached hydrogens (tertiary/aromatic N) is 3. The van der Waals surface area contributed by atoms with E-state index in [1.54, 1.807) is 13.2 Å². The Kier molecular flexibility index (Phi) is 6.72. The molecule has 31 heavy (non-hydrogen) atoms. The lowest BCUT2D eigenvalue weighted by atomic mass is 10.2. The zero-order valence-corrected chi connectivity index (χ0v) is 18.0. The summed E-state index contributed by atoms with van der Waals surface area (Å²) in [4.78, 5) is 14.6. The third-order valence-electron chi connectivity index (χ3n) is 5.05. The van der Waals surface area contributed by atoms with Crippen molar-refractivity contribution in [1.82, 2.24) is 15.1 Å². The topological polar surface area (TPSA) is 77.7 Å². The van der Waals surface area contributed by atoms with Crippen molar-refractivity contribution >= 4 is 17.5 Å². The largest absolute Gasteiger partial charge is 0.497 e.